The van der Waals surface area contributed by atoms with Gasteiger partial charge >= 0.3 is 0 Å². The fraction of sp³-hybridized carbons (Fsp3) is 0.312. The number of halogens is 1. The summed E-state index contributed by atoms with van der Waals surface area (Å²) in [6.07, 6.45) is 4.33. The van der Waals surface area contributed by atoms with E-state index in [0.29, 0.717) is 13.1 Å². The number of thiophene rings is 1. The second-order valence-electron chi connectivity index (χ2n) is 4.69. The minimum atomic E-state index is 0. The third kappa shape index (κ3) is 6.23. The Labute approximate surface area is 153 Å². The summed E-state index contributed by atoms with van der Waals surface area (Å²) in [5, 5.41) is 7.54. The van der Waals surface area contributed by atoms with Crippen LogP contribution in [-0.2, 0) is 13.0 Å². The third-order valence-corrected chi connectivity index (χ3v) is 3.70. The lowest BCUT2D eigenvalue weighted by Crippen LogP contribution is -2.38. The lowest BCUT2D eigenvalue weighted by atomic mass is 10.3. The second-order valence-corrected chi connectivity index (χ2v) is 5.47. The first-order valence-electron chi connectivity index (χ1n) is 6.93. The molecule has 0 atom stereocenters. The highest BCUT2D eigenvalue weighted by molar-refractivity contribution is 14.0. The number of hydrogen-bond acceptors (Lipinski definition) is 3. The summed E-state index contributed by atoms with van der Waals surface area (Å²) in [5.41, 5.74) is 1.29. The molecular formula is C16H22IN3OS. The van der Waals surface area contributed by atoms with Crippen LogP contribution >= 0.6 is 35.3 Å². The van der Waals surface area contributed by atoms with Gasteiger partial charge in [-0.15, -0.1) is 30.6 Å². The highest BCUT2D eigenvalue weighted by Gasteiger charge is 2.07. The Hall–Kier alpha value is -1.28. The molecule has 4 nitrogen and oxygen atoms in total. The monoisotopic (exact) mass is 431 g/mol. The molecule has 0 unspecified atom stereocenters. The van der Waals surface area contributed by atoms with E-state index in [1.165, 1.54) is 5.56 Å². The maximum Gasteiger partial charge on any atom is 0.194 e. The molecule has 2 heterocycles. The normalized spacial score (nSPS) is 10.9. The Morgan fingerprint density at radius 1 is 1.50 bits per heavy atom. The van der Waals surface area contributed by atoms with E-state index >= 15 is 0 Å². The topological polar surface area (TPSA) is 40.8 Å². The maximum absolute atomic E-state index is 5.32. The number of guanidine groups is 1. The highest BCUT2D eigenvalue weighted by Crippen LogP contribution is 2.08. The maximum atomic E-state index is 5.32. The smallest absolute Gasteiger partial charge is 0.194 e. The average molecular weight is 431 g/mol. The van der Waals surface area contributed by atoms with E-state index in [-0.39, 0.29) is 24.0 Å². The third-order valence-electron chi connectivity index (χ3n) is 2.97. The first-order valence-corrected chi connectivity index (χ1v) is 7.87. The zero-order chi connectivity index (χ0) is 14.9. The molecule has 22 heavy (non-hydrogen) atoms. The van der Waals surface area contributed by atoms with Crippen molar-refractivity contribution in [3.05, 3.63) is 59.2 Å². The molecule has 0 fully saturated rings. The molecule has 0 aromatic carbocycles. The van der Waals surface area contributed by atoms with Gasteiger partial charge in [-0.05, 0) is 34.5 Å². The molecular weight excluding hydrogens is 409 g/mol. The van der Waals surface area contributed by atoms with Crippen LogP contribution in [-0.4, -0.2) is 31.0 Å². The van der Waals surface area contributed by atoms with Crippen molar-refractivity contribution in [2.24, 2.45) is 4.99 Å². The number of nitrogens with one attached hydrogen (secondary N) is 1. The van der Waals surface area contributed by atoms with Gasteiger partial charge in [0, 0.05) is 33.1 Å². The number of nitrogens with zero attached hydrogens (tertiary/aromatic N) is 2. The number of aliphatic imine (C=N–C) groups is 1. The van der Waals surface area contributed by atoms with E-state index in [9.17, 15) is 0 Å². The fourth-order valence-electron chi connectivity index (χ4n) is 1.93. The molecule has 2 rings (SSSR count). The van der Waals surface area contributed by atoms with Crippen LogP contribution in [0, 0.1) is 0 Å². The Morgan fingerprint density at radius 2 is 2.36 bits per heavy atom. The van der Waals surface area contributed by atoms with Gasteiger partial charge in [0.2, 0.25) is 0 Å². The molecule has 2 aromatic rings. The summed E-state index contributed by atoms with van der Waals surface area (Å²) >= 11 is 1.71. The summed E-state index contributed by atoms with van der Waals surface area (Å²) in [4.78, 5) is 6.76. The number of hydrogen-bond donors (Lipinski definition) is 1. The van der Waals surface area contributed by atoms with Gasteiger partial charge in [-0.1, -0.05) is 6.08 Å². The molecule has 0 spiro atoms. The second kappa shape index (κ2) is 10.4. The van der Waals surface area contributed by atoms with Crippen LogP contribution in [0.5, 0.6) is 0 Å². The van der Waals surface area contributed by atoms with Crippen molar-refractivity contribution < 1.29 is 4.42 Å². The van der Waals surface area contributed by atoms with Crippen LogP contribution in [0.15, 0.2) is 57.3 Å². The summed E-state index contributed by atoms with van der Waals surface area (Å²) in [6, 6.07) is 6.01. The molecule has 0 aliphatic carbocycles. The summed E-state index contributed by atoms with van der Waals surface area (Å²) in [5.74, 6) is 1.84. The zero-order valence-electron chi connectivity index (χ0n) is 12.7. The Bertz CT molecular complexity index is 552. The van der Waals surface area contributed by atoms with Gasteiger partial charge in [0.15, 0.2) is 5.96 Å². The predicted octanol–water partition coefficient (Wildman–Crippen LogP) is 3.77. The molecule has 2 aromatic heterocycles. The van der Waals surface area contributed by atoms with Crippen LogP contribution in [0.2, 0.25) is 0 Å². The van der Waals surface area contributed by atoms with Crippen LogP contribution in [0.3, 0.4) is 0 Å². The molecule has 120 valence electrons. The van der Waals surface area contributed by atoms with E-state index in [2.05, 4.69) is 38.6 Å². The lowest BCUT2D eigenvalue weighted by Gasteiger charge is -2.21. The van der Waals surface area contributed by atoms with Crippen LogP contribution in [0.1, 0.15) is 11.3 Å². The lowest BCUT2D eigenvalue weighted by molar-refractivity contribution is 0.476. The molecule has 0 amide bonds. The van der Waals surface area contributed by atoms with Crippen molar-refractivity contribution in [2.45, 2.75) is 13.0 Å². The fourth-order valence-corrected chi connectivity index (χ4v) is 2.59. The van der Waals surface area contributed by atoms with Gasteiger partial charge in [0.1, 0.15) is 5.76 Å². The summed E-state index contributed by atoms with van der Waals surface area (Å²) in [7, 11) is 2.04. The first-order chi connectivity index (χ1) is 10.3. The minimum absolute atomic E-state index is 0. The van der Waals surface area contributed by atoms with Crippen molar-refractivity contribution in [2.75, 3.05) is 20.1 Å². The molecule has 0 bridgehead atoms. The molecule has 0 radical (unpaired) electrons. The van der Waals surface area contributed by atoms with Gasteiger partial charge < -0.3 is 14.6 Å². The standard InChI is InChI=1S/C16H21N3OS.HI/c1-3-8-17-16(18-9-6-15-5-4-10-20-15)19(2)12-14-7-11-21-13-14;/h3-5,7,10-11,13H,1,6,8-9,12H2,2H3,(H,17,18);1H. The van der Waals surface area contributed by atoms with Crippen LogP contribution < -0.4 is 5.32 Å². The van der Waals surface area contributed by atoms with Gasteiger partial charge in [0.05, 0.1) is 6.26 Å². The first kappa shape index (κ1) is 18.8. The van der Waals surface area contributed by atoms with Crippen molar-refractivity contribution in [3.8, 4) is 0 Å². The van der Waals surface area contributed by atoms with Gasteiger partial charge in [0.25, 0.3) is 0 Å². The molecule has 0 saturated heterocycles. The van der Waals surface area contributed by atoms with E-state index < -0.39 is 0 Å². The predicted molar refractivity (Wildman–Crippen MR) is 104 cm³/mol. The van der Waals surface area contributed by atoms with Gasteiger partial charge in [-0.25, -0.2) is 0 Å². The van der Waals surface area contributed by atoms with E-state index in [0.717, 1.165) is 24.7 Å². The van der Waals surface area contributed by atoms with Crippen molar-refractivity contribution in [3.63, 3.8) is 0 Å². The zero-order valence-corrected chi connectivity index (χ0v) is 15.8. The van der Waals surface area contributed by atoms with Crippen LogP contribution in [0.4, 0.5) is 0 Å². The molecule has 0 saturated carbocycles. The molecule has 6 heteroatoms. The van der Waals surface area contributed by atoms with Gasteiger partial charge in [-0.2, -0.15) is 11.3 Å². The molecule has 0 aliphatic rings. The SMILES string of the molecule is C=CCNC(=NCCc1ccco1)N(C)Cc1ccsc1.I. The molecule has 0 aliphatic heterocycles. The van der Waals surface area contributed by atoms with Gasteiger partial charge in [-0.3, -0.25) is 4.99 Å². The highest BCUT2D eigenvalue weighted by atomic mass is 127. The van der Waals surface area contributed by atoms with Crippen LogP contribution in [0.25, 0.3) is 0 Å². The van der Waals surface area contributed by atoms with E-state index in [1.807, 2.05) is 25.3 Å². The molecule has 1 N–H and O–H groups in total. The van der Waals surface area contributed by atoms with E-state index in [4.69, 9.17) is 4.42 Å². The Balaban J connectivity index is 0.00000242. The summed E-state index contributed by atoms with van der Waals surface area (Å²) in [6.45, 7) is 5.98. The average Bonchev–Trinajstić information content (AvgIpc) is 3.15. The van der Waals surface area contributed by atoms with E-state index in [1.54, 1.807) is 17.6 Å². The largest absolute Gasteiger partial charge is 0.469 e. The van der Waals surface area contributed by atoms with Crippen molar-refractivity contribution in [1.82, 2.24) is 10.2 Å². The summed E-state index contributed by atoms with van der Waals surface area (Å²) < 4.78 is 5.32. The van der Waals surface area contributed by atoms with Crippen molar-refractivity contribution >= 4 is 41.3 Å². The minimum Gasteiger partial charge on any atom is -0.469 e. The Kier molecular flexibility index (Phi) is 8.91. The number of furan rings is 1. The van der Waals surface area contributed by atoms with Crippen molar-refractivity contribution in [1.29, 1.82) is 0 Å². The quantitative estimate of drug-likeness (QED) is 0.314. The number of rotatable bonds is 7. The Morgan fingerprint density at radius 3 is 3.00 bits per heavy atom.